The number of aliphatic hydroxyl groups is 1. The molecule has 0 aliphatic heterocycles. The highest BCUT2D eigenvalue weighted by Crippen LogP contribution is 2.37. The average Bonchev–Trinajstić information content (AvgIpc) is 2.81. The second kappa shape index (κ2) is 5.91. The highest BCUT2D eigenvalue weighted by atomic mass is 16.3. The Bertz CT molecular complexity index is 822. The lowest BCUT2D eigenvalue weighted by atomic mass is 9.92. The van der Waals surface area contributed by atoms with Gasteiger partial charge in [-0.05, 0) is 51.3 Å². The minimum absolute atomic E-state index is 0.265. The van der Waals surface area contributed by atoms with E-state index >= 15 is 0 Å². The van der Waals surface area contributed by atoms with E-state index in [1.54, 1.807) is 32.9 Å². The van der Waals surface area contributed by atoms with Gasteiger partial charge in [0.05, 0.1) is 34.2 Å². The standard InChI is InChI=1S/C18H22N4O2/c1-11(18(2,3)24)16(23)21-17-20-14-8-7-12(10-19)9-15(14)22(17)13-5-4-6-13/h7-9,11,13,24H,4-6H2,1-3H3,(H,20,21,23). The minimum Gasteiger partial charge on any atom is -0.390 e. The van der Waals surface area contributed by atoms with Gasteiger partial charge in [-0.15, -0.1) is 0 Å². The summed E-state index contributed by atoms with van der Waals surface area (Å²) in [6.07, 6.45) is 3.22. The van der Waals surface area contributed by atoms with Crippen molar-refractivity contribution >= 4 is 22.9 Å². The third-order valence-corrected chi connectivity index (χ3v) is 4.95. The molecule has 0 spiro atoms. The molecule has 0 bridgehead atoms. The van der Waals surface area contributed by atoms with Crippen molar-refractivity contribution in [3.8, 4) is 6.07 Å². The monoisotopic (exact) mass is 326 g/mol. The second-order valence-electron chi connectivity index (χ2n) is 7.07. The Balaban J connectivity index is 2.01. The number of carbonyl (C=O) groups excluding carboxylic acids is 1. The molecule has 1 saturated carbocycles. The van der Waals surface area contributed by atoms with Gasteiger partial charge in [-0.1, -0.05) is 6.92 Å². The van der Waals surface area contributed by atoms with Gasteiger partial charge in [-0.25, -0.2) is 4.98 Å². The van der Waals surface area contributed by atoms with Crippen molar-refractivity contribution in [2.75, 3.05) is 5.32 Å². The molecule has 0 radical (unpaired) electrons. The van der Waals surface area contributed by atoms with E-state index in [9.17, 15) is 9.90 Å². The van der Waals surface area contributed by atoms with E-state index in [2.05, 4.69) is 16.4 Å². The number of rotatable bonds is 4. The van der Waals surface area contributed by atoms with E-state index < -0.39 is 11.5 Å². The molecule has 1 aliphatic carbocycles. The Hall–Kier alpha value is -2.39. The van der Waals surface area contributed by atoms with Crippen LogP contribution in [0.25, 0.3) is 11.0 Å². The molecular weight excluding hydrogens is 304 g/mol. The van der Waals surface area contributed by atoms with Crippen molar-refractivity contribution in [1.29, 1.82) is 5.26 Å². The summed E-state index contributed by atoms with van der Waals surface area (Å²) < 4.78 is 2.02. The van der Waals surface area contributed by atoms with Crippen LogP contribution in [0.2, 0.25) is 0 Å². The van der Waals surface area contributed by atoms with Gasteiger partial charge in [0, 0.05) is 6.04 Å². The SMILES string of the molecule is CC(C(=O)Nc1nc2ccc(C#N)cc2n1C1CCC1)C(C)(C)O. The van der Waals surface area contributed by atoms with Crippen LogP contribution in [0.15, 0.2) is 18.2 Å². The number of fused-ring (bicyclic) bond motifs is 1. The first-order valence-corrected chi connectivity index (χ1v) is 8.26. The van der Waals surface area contributed by atoms with Gasteiger partial charge in [0.2, 0.25) is 11.9 Å². The number of amides is 1. The molecule has 1 amide bonds. The highest BCUT2D eigenvalue weighted by molar-refractivity contribution is 5.93. The summed E-state index contributed by atoms with van der Waals surface area (Å²) in [5.41, 5.74) is 1.09. The van der Waals surface area contributed by atoms with Crippen LogP contribution in [0, 0.1) is 17.2 Å². The number of hydrogen-bond acceptors (Lipinski definition) is 4. The fourth-order valence-corrected chi connectivity index (χ4v) is 2.80. The Morgan fingerprint density at radius 1 is 1.50 bits per heavy atom. The number of anilines is 1. The maximum Gasteiger partial charge on any atom is 0.232 e. The molecule has 126 valence electrons. The Morgan fingerprint density at radius 2 is 2.21 bits per heavy atom. The number of nitriles is 1. The largest absolute Gasteiger partial charge is 0.390 e. The summed E-state index contributed by atoms with van der Waals surface area (Å²) in [5.74, 6) is -0.341. The molecule has 1 unspecified atom stereocenters. The summed E-state index contributed by atoms with van der Waals surface area (Å²) in [6, 6.07) is 7.78. The number of benzene rings is 1. The molecule has 1 aromatic heterocycles. The minimum atomic E-state index is -1.11. The fraction of sp³-hybridized carbons (Fsp3) is 0.500. The lowest BCUT2D eigenvalue weighted by Gasteiger charge is -2.30. The Labute approximate surface area is 141 Å². The van der Waals surface area contributed by atoms with E-state index in [0.29, 0.717) is 11.5 Å². The summed E-state index contributed by atoms with van der Waals surface area (Å²) in [5, 5.41) is 22.1. The van der Waals surface area contributed by atoms with Gasteiger partial charge >= 0.3 is 0 Å². The quantitative estimate of drug-likeness (QED) is 0.903. The van der Waals surface area contributed by atoms with E-state index in [0.717, 1.165) is 30.3 Å². The van der Waals surface area contributed by atoms with Gasteiger partial charge < -0.3 is 9.67 Å². The molecule has 1 atom stereocenters. The zero-order chi connectivity index (χ0) is 17.5. The highest BCUT2D eigenvalue weighted by Gasteiger charge is 2.31. The first kappa shape index (κ1) is 16.5. The maximum atomic E-state index is 12.5. The topological polar surface area (TPSA) is 90.9 Å². The average molecular weight is 326 g/mol. The number of hydrogen-bond donors (Lipinski definition) is 2. The Morgan fingerprint density at radius 3 is 2.75 bits per heavy atom. The van der Waals surface area contributed by atoms with Gasteiger partial charge in [-0.2, -0.15) is 5.26 Å². The third kappa shape index (κ3) is 2.87. The molecule has 2 N–H and O–H groups in total. The van der Waals surface area contributed by atoms with Crippen molar-refractivity contribution in [3.63, 3.8) is 0 Å². The molecule has 24 heavy (non-hydrogen) atoms. The van der Waals surface area contributed by atoms with Crippen LogP contribution in [-0.2, 0) is 4.79 Å². The normalized spacial score (nSPS) is 16.5. The van der Waals surface area contributed by atoms with Crippen LogP contribution < -0.4 is 5.32 Å². The third-order valence-electron chi connectivity index (χ3n) is 4.95. The molecule has 6 nitrogen and oxygen atoms in total. The fourth-order valence-electron chi connectivity index (χ4n) is 2.80. The lowest BCUT2D eigenvalue weighted by Crippen LogP contribution is -2.38. The summed E-state index contributed by atoms with van der Waals surface area (Å²) in [4.78, 5) is 17.0. The van der Waals surface area contributed by atoms with Crippen molar-refractivity contribution in [3.05, 3.63) is 23.8 Å². The number of carbonyl (C=O) groups is 1. The zero-order valence-electron chi connectivity index (χ0n) is 14.2. The first-order chi connectivity index (χ1) is 11.3. The summed E-state index contributed by atoms with van der Waals surface area (Å²) in [7, 11) is 0. The van der Waals surface area contributed by atoms with E-state index in [-0.39, 0.29) is 11.9 Å². The molecule has 1 fully saturated rings. The Kier molecular flexibility index (Phi) is 4.06. The molecule has 2 aromatic rings. The molecular formula is C18H22N4O2. The molecule has 6 heteroatoms. The maximum absolute atomic E-state index is 12.5. The zero-order valence-corrected chi connectivity index (χ0v) is 14.2. The van der Waals surface area contributed by atoms with Gasteiger partial charge in [-0.3, -0.25) is 10.1 Å². The van der Waals surface area contributed by atoms with Gasteiger partial charge in [0.25, 0.3) is 0 Å². The van der Waals surface area contributed by atoms with Crippen molar-refractivity contribution in [2.45, 2.75) is 51.7 Å². The smallest absolute Gasteiger partial charge is 0.232 e. The first-order valence-electron chi connectivity index (χ1n) is 8.26. The molecule has 1 aromatic carbocycles. The molecule has 0 saturated heterocycles. The van der Waals surface area contributed by atoms with E-state index in [4.69, 9.17) is 5.26 Å². The lowest BCUT2D eigenvalue weighted by molar-refractivity contribution is -0.126. The van der Waals surface area contributed by atoms with Crippen LogP contribution in [-0.4, -0.2) is 26.2 Å². The number of nitrogens with one attached hydrogen (secondary N) is 1. The summed E-state index contributed by atoms with van der Waals surface area (Å²) >= 11 is 0. The van der Waals surface area contributed by atoms with Crippen LogP contribution >= 0.6 is 0 Å². The number of aromatic nitrogens is 2. The van der Waals surface area contributed by atoms with E-state index in [1.165, 1.54) is 0 Å². The van der Waals surface area contributed by atoms with Gasteiger partial charge in [0.15, 0.2) is 0 Å². The molecule has 1 aliphatic rings. The van der Waals surface area contributed by atoms with Crippen LogP contribution in [0.3, 0.4) is 0 Å². The number of nitrogens with zero attached hydrogens (tertiary/aromatic N) is 3. The predicted molar refractivity (Wildman–Crippen MR) is 91.4 cm³/mol. The number of imidazole rings is 1. The van der Waals surface area contributed by atoms with Crippen molar-refractivity contribution < 1.29 is 9.90 Å². The molecule has 3 rings (SSSR count). The second-order valence-corrected chi connectivity index (χ2v) is 7.07. The molecule has 1 heterocycles. The summed E-state index contributed by atoms with van der Waals surface area (Å²) in [6.45, 7) is 4.93. The van der Waals surface area contributed by atoms with Gasteiger partial charge in [0.1, 0.15) is 0 Å². The van der Waals surface area contributed by atoms with Crippen LogP contribution in [0.5, 0.6) is 0 Å². The van der Waals surface area contributed by atoms with Crippen molar-refractivity contribution in [1.82, 2.24) is 9.55 Å². The van der Waals surface area contributed by atoms with Crippen LogP contribution in [0.1, 0.15) is 51.6 Å². The van der Waals surface area contributed by atoms with Crippen molar-refractivity contribution in [2.24, 2.45) is 5.92 Å². The predicted octanol–water partition coefficient (Wildman–Crippen LogP) is 2.98. The van der Waals surface area contributed by atoms with E-state index in [1.807, 2.05) is 10.6 Å². The van der Waals surface area contributed by atoms with Crippen LogP contribution in [0.4, 0.5) is 5.95 Å².